The van der Waals surface area contributed by atoms with Crippen LogP contribution in [0.25, 0.3) is 0 Å². The Kier molecular flexibility index (Phi) is 4.80. The second-order valence-electron chi connectivity index (χ2n) is 4.43. The van der Waals surface area contributed by atoms with Crippen LogP contribution in [0, 0.1) is 13.8 Å². The van der Waals surface area contributed by atoms with Crippen molar-refractivity contribution in [2.45, 2.75) is 20.4 Å². The van der Waals surface area contributed by atoms with Gasteiger partial charge < -0.3 is 10.6 Å². The van der Waals surface area contributed by atoms with Gasteiger partial charge in [-0.3, -0.25) is 4.98 Å². The average molecular weight is 257 g/mol. The molecular weight excluding hydrogens is 238 g/mol. The zero-order valence-corrected chi connectivity index (χ0v) is 11.3. The van der Waals surface area contributed by atoms with Gasteiger partial charge in [0.2, 0.25) is 5.95 Å². The second-order valence-corrected chi connectivity index (χ2v) is 4.43. The molecule has 2 rings (SSSR count). The lowest BCUT2D eigenvalue weighted by Crippen LogP contribution is -2.22. The predicted octanol–water partition coefficient (Wildman–Crippen LogP) is 1.69. The third-order valence-electron chi connectivity index (χ3n) is 2.65. The molecule has 5 nitrogen and oxygen atoms in total. The maximum atomic E-state index is 4.33. The van der Waals surface area contributed by atoms with Crippen LogP contribution >= 0.6 is 0 Å². The fourth-order valence-corrected chi connectivity index (χ4v) is 1.80. The normalized spacial score (nSPS) is 10.4. The first kappa shape index (κ1) is 13.4. The molecule has 5 heteroatoms. The first-order valence-electron chi connectivity index (χ1n) is 6.40. The van der Waals surface area contributed by atoms with E-state index in [9.17, 15) is 0 Å². The van der Waals surface area contributed by atoms with Crippen molar-refractivity contribution in [3.8, 4) is 0 Å². The van der Waals surface area contributed by atoms with Gasteiger partial charge in [0.05, 0.1) is 0 Å². The van der Waals surface area contributed by atoms with Crippen molar-refractivity contribution in [3.63, 3.8) is 0 Å². The van der Waals surface area contributed by atoms with E-state index in [4.69, 9.17) is 0 Å². The lowest BCUT2D eigenvalue weighted by atomic mass is 10.3. The Bertz CT molecular complexity index is 492. The molecular formula is C14H19N5. The highest BCUT2D eigenvalue weighted by atomic mass is 15.1. The fraction of sp³-hybridized carbons (Fsp3) is 0.357. The van der Waals surface area contributed by atoms with Crippen molar-refractivity contribution in [1.82, 2.24) is 20.3 Å². The van der Waals surface area contributed by atoms with E-state index in [1.807, 2.05) is 32.0 Å². The Morgan fingerprint density at radius 1 is 1.00 bits per heavy atom. The van der Waals surface area contributed by atoms with Crippen LogP contribution in [-0.2, 0) is 6.54 Å². The molecule has 2 aromatic rings. The number of anilines is 1. The number of rotatable bonds is 6. The average Bonchev–Trinajstić information content (AvgIpc) is 2.38. The summed E-state index contributed by atoms with van der Waals surface area (Å²) >= 11 is 0. The van der Waals surface area contributed by atoms with Gasteiger partial charge >= 0.3 is 0 Å². The van der Waals surface area contributed by atoms with Gasteiger partial charge in [-0.25, -0.2) is 9.97 Å². The van der Waals surface area contributed by atoms with Crippen LogP contribution in [0.1, 0.15) is 17.0 Å². The van der Waals surface area contributed by atoms with Crippen molar-refractivity contribution in [2.24, 2.45) is 0 Å². The largest absolute Gasteiger partial charge is 0.353 e. The van der Waals surface area contributed by atoms with Gasteiger partial charge in [-0.15, -0.1) is 0 Å². The van der Waals surface area contributed by atoms with Crippen LogP contribution in [0.2, 0.25) is 0 Å². The Labute approximate surface area is 113 Å². The lowest BCUT2D eigenvalue weighted by Gasteiger charge is -2.07. The van der Waals surface area contributed by atoms with Gasteiger partial charge in [0.1, 0.15) is 0 Å². The minimum atomic E-state index is 0.697. The third kappa shape index (κ3) is 4.63. The topological polar surface area (TPSA) is 62.7 Å². The molecule has 0 saturated carbocycles. The molecule has 19 heavy (non-hydrogen) atoms. The summed E-state index contributed by atoms with van der Waals surface area (Å²) in [6.45, 7) is 6.45. The van der Waals surface area contributed by atoms with E-state index < -0.39 is 0 Å². The number of aryl methyl sites for hydroxylation is 2. The maximum Gasteiger partial charge on any atom is 0.223 e. The van der Waals surface area contributed by atoms with Gasteiger partial charge in [-0.1, -0.05) is 0 Å². The van der Waals surface area contributed by atoms with E-state index in [-0.39, 0.29) is 0 Å². The van der Waals surface area contributed by atoms with Gasteiger partial charge in [0, 0.05) is 43.4 Å². The molecule has 0 aliphatic rings. The number of aromatic nitrogens is 3. The van der Waals surface area contributed by atoms with Gasteiger partial charge in [0.25, 0.3) is 0 Å². The molecule has 0 aliphatic carbocycles. The molecule has 0 fully saturated rings. The Hall–Kier alpha value is -2.01. The summed E-state index contributed by atoms with van der Waals surface area (Å²) in [7, 11) is 0. The lowest BCUT2D eigenvalue weighted by molar-refractivity contribution is 0.703. The monoisotopic (exact) mass is 257 g/mol. The summed E-state index contributed by atoms with van der Waals surface area (Å²) in [5, 5.41) is 6.57. The van der Waals surface area contributed by atoms with Crippen LogP contribution in [0.15, 0.2) is 30.6 Å². The van der Waals surface area contributed by atoms with Crippen molar-refractivity contribution in [1.29, 1.82) is 0 Å². The van der Waals surface area contributed by atoms with Crippen molar-refractivity contribution in [2.75, 3.05) is 18.4 Å². The molecule has 0 atom stereocenters. The van der Waals surface area contributed by atoms with Gasteiger partial charge in [-0.05, 0) is 37.6 Å². The zero-order valence-electron chi connectivity index (χ0n) is 11.3. The summed E-state index contributed by atoms with van der Waals surface area (Å²) < 4.78 is 0. The summed E-state index contributed by atoms with van der Waals surface area (Å²) in [5.41, 5.74) is 3.21. The molecule has 0 bridgehead atoms. The molecule has 0 radical (unpaired) electrons. The first-order valence-corrected chi connectivity index (χ1v) is 6.40. The molecule has 0 amide bonds. The van der Waals surface area contributed by atoms with E-state index in [0.29, 0.717) is 5.95 Å². The molecule has 2 aromatic heterocycles. The summed E-state index contributed by atoms with van der Waals surface area (Å²) in [4.78, 5) is 12.7. The van der Waals surface area contributed by atoms with E-state index in [1.54, 1.807) is 12.4 Å². The molecule has 0 spiro atoms. The first-order chi connectivity index (χ1) is 9.24. The standard InChI is InChI=1S/C14H19N5/c1-11-9-12(2)19-14(18-11)17-8-7-16-10-13-3-5-15-6-4-13/h3-6,9,16H,7-8,10H2,1-2H3,(H,17,18,19). The molecule has 0 aliphatic heterocycles. The highest BCUT2D eigenvalue weighted by molar-refractivity contribution is 5.27. The summed E-state index contributed by atoms with van der Waals surface area (Å²) in [5.74, 6) is 0.697. The Morgan fingerprint density at radius 3 is 2.37 bits per heavy atom. The van der Waals surface area contributed by atoms with Crippen LogP contribution in [0.5, 0.6) is 0 Å². The fourth-order valence-electron chi connectivity index (χ4n) is 1.80. The second kappa shape index (κ2) is 6.80. The molecule has 0 unspecified atom stereocenters. The molecule has 0 aromatic carbocycles. The minimum absolute atomic E-state index is 0.697. The third-order valence-corrected chi connectivity index (χ3v) is 2.65. The molecule has 2 N–H and O–H groups in total. The number of nitrogens with one attached hydrogen (secondary N) is 2. The van der Waals surface area contributed by atoms with Crippen LogP contribution in [0.4, 0.5) is 5.95 Å². The van der Waals surface area contributed by atoms with Crippen LogP contribution < -0.4 is 10.6 Å². The van der Waals surface area contributed by atoms with Crippen LogP contribution in [-0.4, -0.2) is 28.0 Å². The molecule has 2 heterocycles. The summed E-state index contributed by atoms with van der Waals surface area (Å²) in [6.07, 6.45) is 3.61. The van der Waals surface area contributed by atoms with E-state index in [1.165, 1.54) is 5.56 Å². The zero-order chi connectivity index (χ0) is 13.5. The SMILES string of the molecule is Cc1cc(C)nc(NCCNCc2ccncc2)n1. The van der Waals surface area contributed by atoms with Crippen LogP contribution in [0.3, 0.4) is 0 Å². The number of nitrogens with zero attached hydrogens (tertiary/aromatic N) is 3. The predicted molar refractivity (Wildman–Crippen MR) is 75.9 cm³/mol. The van der Waals surface area contributed by atoms with E-state index in [0.717, 1.165) is 31.0 Å². The minimum Gasteiger partial charge on any atom is -0.353 e. The highest BCUT2D eigenvalue weighted by Gasteiger charge is 1.98. The molecule has 100 valence electrons. The van der Waals surface area contributed by atoms with Crippen molar-refractivity contribution < 1.29 is 0 Å². The van der Waals surface area contributed by atoms with Crippen molar-refractivity contribution >= 4 is 5.95 Å². The van der Waals surface area contributed by atoms with Gasteiger partial charge in [-0.2, -0.15) is 0 Å². The van der Waals surface area contributed by atoms with Crippen molar-refractivity contribution in [3.05, 3.63) is 47.5 Å². The molecule has 0 saturated heterocycles. The summed E-state index contributed by atoms with van der Waals surface area (Å²) in [6, 6.07) is 5.98. The Morgan fingerprint density at radius 2 is 1.68 bits per heavy atom. The smallest absolute Gasteiger partial charge is 0.223 e. The van der Waals surface area contributed by atoms with Gasteiger partial charge in [0.15, 0.2) is 0 Å². The number of hydrogen-bond donors (Lipinski definition) is 2. The maximum absolute atomic E-state index is 4.33. The Balaban J connectivity index is 1.69. The number of pyridine rings is 1. The number of hydrogen-bond acceptors (Lipinski definition) is 5. The van der Waals surface area contributed by atoms with E-state index >= 15 is 0 Å². The van der Waals surface area contributed by atoms with E-state index in [2.05, 4.69) is 25.6 Å². The highest BCUT2D eigenvalue weighted by Crippen LogP contribution is 2.02. The quantitative estimate of drug-likeness (QED) is 0.771.